The highest BCUT2D eigenvalue weighted by molar-refractivity contribution is 8.76. The Balaban J connectivity index is 1.47. The second-order valence-electron chi connectivity index (χ2n) is 25.8. The van der Waals surface area contributed by atoms with Crippen LogP contribution in [0.5, 0.6) is 5.75 Å². The second kappa shape index (κ2) is 39.8. The number of guanidine groups is 1. The minimum absolute atomic E-state index is 0.0262. The molecule has 0 aliphatic carbocycles. The molecule has 34 nitrogen and oxygen atoms in total. The van der Waals surface area contributed by atoms with Crippen molar-refractivity contribution in [3.63, 3.8) is 0 Å². The summed E-state index contributed by atoms with van der Waals surface area (Å²) >= 11 is 0. The van der Waals surface area contributed by atoms with Crippen LogP contribution in [0.2, 0.25) is 0 Å². The largest absolute Gasteiger partial charge is 0.508 e. The van der Waals surface area contributed by atoms with Gasteiger partial charge in [-0.25, -0.2) is 0 Å². The van der Waals surface area contributed by atoms with E-state index in [0.29, 0.717) is 30.4 Å². The Bertz CT molecular complexity index is 3350. The Kier molecular flexibility index (Phi) is 31.9. The summed E-state index contributed by atoms with van der Waals surface area (Å²) in [5.74, 6) is -15.4. The van der Waals surface area contributed by atoms with E-state index in [1.54, 1.807) is 58.0 Å². The molecule has 15 atom stereocenters. The Labute approximate surface area is 598 Å². The van der Waals surface area contributed by atoms with E-state index in [9.17, 15) is 72.9 Å². The first kappa shape index (κ1) is 81.7. The third kappa shape index (κ3) is 23.9. The normalized spacial score (nSPS) is 27.6. The summed E-state index contributed by atoms with van der Waals surface area (Å²) in [6.07, 6.45) is -0.697. The predicted octanol–water partition coefficient (Wildman–Crippen LogP) is -4.81. The number of nitrogens with zero attached hydrogens (tertiary/aromatic N) is 3. The third-order valence-electron chi connectivity index (χ3n) is 18.1. The molecule has 4 aliphatic rings. The monoisotopic (exact) mass is 1460 g/mol. The van der Waals surface area contributed by atoms with Crippen molar-refractivity contribution in [2.24, 2.45) is 28.3 Å². The van der Waals surface area contributed by atoms with Crippen LogP contribution in [0.4, 0.5) is 0 Å². The van der Waals surface area contributed by atoms with Gasteiger partial charge in [-0.1, -0.05) is 105 Å². The maximum Gasteiger partial charge on any atom is 0.246 e. The molecule has 2 aromatic carbocycles. The third-order valence-corrected chi connectivity index (χ3v) is 20.5. The Morgan fingerprint density at radius 1 is 0.529 bits per heavy atom. The van der Waals surface area contributed by atoms with Crippen molar-refractivity contribution in [3.05, 3.63) is 65.7 Å². The lowest BCUT2D eigenvalue weighted by Crippen LogP contribution is -2.62. The number of amides is 14. The molecule has 0 radical (unpaired) electrons. The van der Waals surface area contributed by atoms with Gasteiger partial charge < -0.3 is 100 Å². The number of hydrogen-bond donors (Lipinski definition) is 17. The fourth-order valence-electron chi connectivity index (χ4n) is 11.7. The van der Waals surface area contributed by atoms with Crippen molar-refractivity contribution in [2.45, 2.75) is 184 Å². The van der Waals surface area contributed by atoms with E-state index >= 15 is 9.59 Å². The van der Waals surface area contributed by atoms with Crippen LogP contribution in [0.1, 0.15) is 104 Å². The summed E-state index contributed by atoms with van der Waals surface area (Å²) in [5.41, 5.74) is 12.2. The molecule has 6 rings (SSSR count). The topological polar surface area (TPSA) is 515 Å². The highest BCUT2D eigenvalue weighted by atomic mass is 33.1. The van der Waals surface area contributed by atoms with Crippen LogP contribution >= 0.6 is 21.6 Å². The average Bonchev–Trinajstić information content (AvgIpc) is 1.49. The zero-order valence-electron chi connectivity index (χ0n) is 58.0. The molecule has 560 valence electrons. The molecule has 4 saturated heterocycles. The number of nitrogens with two attached hydrogens (primary N) is 2. The number of phenolic OH excluding ortho intramolecular Hbond substituents is 1. The number of fused-ring (bicyclic) bond motifs is 7. The maximum absolute atomic E-state index is 15.0. The van der Waals surface area contributed by atoms with Crippen LogP contribution in [-0.4, -0.2) is 243 Å². The van der Waals surface area contributed by atoms with Crippen molar-refractivity contribution in [2.75, 3.05) is 50.8 Å². The van der Waals surface area contributed by atoms with Gasteiger partial charge in [0.05, 0.1) is 25.8 Å². The zero-order chi connectivity index (χ0) is 74.9. The molecule has 36 heteroatoms. The molecule has 0 spiro atoms. The molecular weight excluding hydrogens is 1370 g/mol. The zero-order valence-corrected chi connectivity index (χ0v) is 59.6. The smallest absolute Gasteiger partial charge is 0.246 e. The fraction of sp³-hybridized carbons (Fsp3) is 0.591. The van der Waals surface area contributed by atoms with Gasteiger partial charge in [0.15, 0.2) is 5.96 Å². The van der Waals surface area contributed by atoms with Gasteiger partial charge in [-0.3, -0.25) is 72.1 Å². The Morgan fingerprint density at radius 2 is 1.03 bits per heavy atom. The second-order valence-corrected chi connectivity index (χ2v) is 28.3. The highest BCUT2D eigenvalue weighted by Crippen LogP contribution is 2.29. The summed E-state index contributed by atoms with van der Waals surface area (Å²) < 4.78 is 0. The first-order chi connectivity index (χ1) is 48.5. The lowest BCUT2D eigenvalue weighted by Gasteiger charge is -2.35. The van der Waals surface area contributed by atoms with E-state index in [4.69, 9.17) is 11.5 Å². The number of nitrogens with one attached hydrogen (secondary N) is 12. The van der Waals surface area contributed by atoms with E-state index in [1.165, 1.54) is 41.0 Å². The highest BCUT2D eigenvalue weighted by Gasteiger charge is 2.46. The van der Waals surface area contributed by atoms with Crippen LogP contribution in [0.15, 0.2) is 59.6 Å². The number of phenols is 1. The first-order valence-electron chi connectivity index (χ1n) is 34.1. The molecular formula is C66H97N17O17S2. The number of aliphatic hydroxyl groups excluding tert-OH is 2. The standard InChI is InChI=1S/C66H97N17O17S2/c1-7-34(3)51-62(97)78-45-32-101-102-33-46(60(95)81-53(37(6)85)63(98)72-36(5)54(89)76-44(31-84)58(93)80-52(35(4)8-2)65(100)83-26-14-19-48(83)64(99)82-25-13-18-47(82)61(96)79-51)77-56(91)41(17-12-24-69-66(67)68)74-57(92)43(27-38-15-10-9-11-16-38)73-50(88)30-70-49(87)29-71-55(90)42(75-59(45)94)28-39-20-22-40(86)23-21-39/h9-11,15-16,20-23,34-37,41-48,51-53,84-86H,7-8,12-14,17-19,24-33H2,1-6H3,(H,70,87)(H,71,90)(H,72,98)(H,73,88)(H,74,92)(H,75,94)(H,76,89)(H,77,91)(H,78,97)(H,79,96)(H,80,93)(H,81,95)(H4,67,68,69)/t34-,35-,36-,37+,41-,42+,43-,44-,45-,46-,47-,48-,51-,52-,53-/m0/s1. The Hall–Kier alpha value is -9.29. The van der Waals surface area contributed by atoms with Crippen LogP contribution in [0, 0.1) is 11.8 Å². The van der Waals surface area contributed by atoms with Gasteiger partial charge in [0.2, 0.25) is 82.7 Å². The number of aromatic hydroxyl groups is 1. The SMILES string of the molecule is CC[C@H](C)[C@@H]1NC(=O)[C@@H]2CCCN2C(=O)[C@@H]2CCCN2C(=O)[C@H]([C@@H](C)CC)NC(=O)[C@H](CO)NC(=O)[C@H](C)NC(=O)[C@H]([C@@H](C)O)NC(=O)[C@@H]2CSSC[C@H](NC1=O)C(=O)N[C@H](Cc1ccc(O)cc1)C(=O)NCC(=O)NCC(=O)N[C@@H](Cc1ccccc1)C(=O)N[C@@H](CCCN=C(N)N)C(=O)N2. The van der Waals surface area contributed by atoms with Gasteiger partial charge in [-0.2, -0.15) is 0 Å². The number of carbonyl (C=O) groups is 14. The predicted molar refractivity (Wildman–Crippen MR) is 375 cm³/mol. The van der Waals surface area contributed by atoms with Crippen LogP contribution in [0.25, 0.3) is 0 Å². The van der Waals surface area contributed by atoms with E-state index in [-0.39, 0.29) is 76.3 Å². The van der Waals surface area contributed by atoms with E-state index in [2.05, 4.69) is 68.8 Å². The summed E-state index contributed by atoms with van der Waals surface area (Å²) in [6.45, 7) is 6.79. The van der Waals surface area contributed by atoms with Gasteiger partial charge in [-0.15, -0.1) is 0 Å². The summed E-state index contributed by atoms with van der Waals surface area (Å²) in [4.78, 5) is 209. The molecule has 2 aromatic rings. The first-order valence-corrected chi connectivity index (χ1v) is 36.6. The molecule has 4 heterocycles. The lowest BCUT2D eigenvalue weighted by molar-refractivity contribution is -0.149. The maximum atomic E-state index is 15.0. The van der Waals surface area contributed by atoms with E-state index in [1.807, 2.05) is 0 Å². The molecule has 4 aliphatic heterocycles. The van der Waals surface area contributed by atoms with Crippen molar-refractivity contribution >= 4 is 110 Å². The van der Waals surface area contributed by atoms with Crippen molar-refractivity contribution < 1.29 is 82.4 Å². The average molecular weight is 1460 g/mol. The summed E-state index contributed by atoms with van der Waals surface area (Å²) in [5, 5.41) is 62.5. The molecule has 0 aromatic heterocycles. The minimum atomic E-state index is -1.91. The fourth-order valence-corrected chi connectivity index (χ4v) is 14.1. The van der Waals surface area contributed by atoms with Crippen LogP contribution in [-0.2, 0) is 80.0 Å². The molecule has 0 unspecified atom stereocenters. The van der Waals surface area contributed by atoms with Crippen molar-refractivity contribution in [3.8, 4) is 5.75 Å². The minimum Gasteiger partial charge on any atom is -0.508 e. The van der Waals surface area contributed by atoms with Gasteiger partial charge >= 0.3 is 0 Å². The molecule has 14 amide bonds. The van der Waals surface area contributed by atoms with Gasteiger partial charge in [0.1, 0.15) is 78.3 Å². The summed E-state index contributed by atoms with van der Waals surface area (Å²) in [7, 11) is 1.69. The van der Waals surface area contributed by atoms with Gasteiger partial charge in [-0.05, 0) is 87.5 Å². The van der Waals surface area contributed by atoms with Crippen LogP contribution < -0.4 is 75.3 Å². The molecule has 102 heavy (non-hydrogen) atoms. The molecule has 2 bridgehead atoms. The number of aliphatic imine (C=N–C) groups is 1. The van der Waals surface area contributed by atoms with Gasteiger partial charge in [0, 0.05) is 44.0 Å². The van der Waals surface area contributed by atoms with Crippen molar-refractivity contribution in [1.29, 1.82) is 0 Å². The molecule has 0 saturated carbocycles. The summed E-state index contributed by atoms with van der Waals surface area (Å²) in [6, 6.07) is -4.06. The van der Waals surface area contributed by atoms with Crippen molar-refractivity contribution in [1.82, 2.24) is 73.6 Å². The molecule has 19 N–H and O–H groups in total. The molecule has 4 fully saturated rings. The number of rotatable bonds is 14. The number of aliphatic hydroxyl groups is 2. The Morgan fingerprint density at radius 3 is 1.64 bits per heavy atom. The quantitative estimate of drug-likeness (QED) is 0.0365. The van der Waals surface area contributed by atoms with Crippen LogP contribution in [0.3, 0.4) is 0 Å². The number of carbonyl (C=O) groups excluding carboxylic acids is 14. The van der Waals surface area contributed by atoms with E-state index < -0.39 is 204 Å². The lowest BCUT2D eigenvalue weighted by atomic mass is 9.96. The number of benzene rings is 2. The number of hydrogen-bond acceptors (Lipinski definition) is 20. The van der Waals surface area contributed by atoms with Gasteiger partial charge in [0.25, 0.3) is 0 Å². The van der Waals surface area contributed by atoms with E-state index in [0.717, 1.165) is 28.5 Å².